The minimum Gasteiger partial charge on any atom is -0.507 e. The summed E-state index contributed by atoms with van der Waals surface area (Å²) in [4.78, 5) is 13.1. The maximum absolute atomic E-state index is 13.1. The highest BCUT2D eigenvalue weighted by molar-refractivity contribution is 6.11. The first-order valence-corrected chi connectivity index (χ1v) is 9.51. The number of carbonyl (C=O) groups is 1. The third kappa shape index (κ3) is 3.57. The number of hydrogen-bond donors (Lipinski definition) is 1. The summed E-state index contributed by atoms with van der Waals surface area (Å²) >= 11 is 0. The van der Waals surface area contributed by atoms with Crippen molar-refractivity contribution < 1.29 is 19.1 Å². The molecule has 4 aromatic rings. The van der Waals surface area contributed by atoms with Crippen molar-refractivity contribution in [2.45, 2.75) is 19.9 Å². The van der Waals surface area contributed by atoms with Gasteiger partial charge in [0.15, 0.2) is 5.78 Å². The van der Waals surface area contributed by atoms with E-state index >= 15 is 0 Å². The number of phenols is 1. The molecule has 0 fully saturated rings. The molecule has 0 bridgehead atoms. The third-order valence-corrected chi connectivity index (χ3v) is 4.78. The summed E-state index contributed by atoms with van der Waals surface area (Å²) in [5, 5.41) is 18.5. The summed E-state index contributed by atoms with van der Waals surface area (Å²) < 4.78 is 13.0. The molecule has 0 saturated carbocycles. The third-order valence-electron chi connectivity index (χ3n) is 4.78. The molecule has 0 amide bonds. The van der Waals surface area contributed by atoms with Crippen molar-refractivity contribution in [3.63, 3.8) is 0 Å². The van der Waals surface area contributed by atoms with Gasteiger partial charge in [0.2, 0.25) is 5.89 Å². The van der Waals surface area contributed by atoms with Gasteiger partial charge in [0, 0.05) is 23.4 Å². The second kappa shape index (κ2) is 7.87. The molecule has 0 aliphatic heterocycles. The fourth-order valence-corrected chi connectivity index (χ4v) is 3.21. The molecule has 1 N–H and O–H groups in total. The van der Waals surface area contributed by atoms with E-state index in [-0.39, 0.29) is 23.1 Å². The van der Waals surface area contributed by atoms with E-state index in [9.17, 15) is 9.90 Å². The van der Waals surface area contributed by atoms with E-state index in [1.807, 2.05) is 48.7 Å². The fraction of sp³-hybridized carbons (Fsp3) is 0.174. The predicted molar refractivity (Wildman–Crippen MR) is 112 cm³/mol. The van der Waals surface area contributed by atoms with Crippen LogP contribution < -0.4 is 4.74 Å². The zero-order valence-corrected chi connectivity index (χ0v) is 16.9. The Morgan fingerprint density at radius 1 is 1.07 bits per heavy atom. The Morgan fingerprint density at radius 3 is 2.50 bits per heavy atom. The Hall–Kier alpha value is -3.87. The average molecular weight is 403 g/mol. The maximum Gasteiger partial charge on any atom is 0.264 e. The number of ketones is 1. The minimum absolute atomic E-state index is 0.0486. The lowest BCUT2D eigenvalue weighted by Crippen LogP contribution is -2.03. The standard InChI is InChI=1S/C23H21N3O4/c1-14(2)26-13-16(21(28)18-12-17(29-3)9-10-20(18)27)11-19(26)23-25-24-22(30-23)15-7-5-4-6-8-15/h4-14,27H,1-3H3. The summed E-state index contributed by atoms with van der Waals surface area (Å²) in [7, 11) is 1.51. The van der Waals surface area contributed by atoms with E-state index in [2.05, 4.69) is 10.2 Å². The number of benzene rings is 2. The molecule has 0 unspecified atom stereocenters. The van der Waals surface area contributed by atoms with Crippen LogP contribution in [0.3, 0.4) is 0 Å². The monoisotopic (exact) mass is 403 g/mol. The first-order chi connectivity index (χ1) is 14.5. The molecular weight excluding hydrogens is 382 g/mol. The first-order valence-electron chi connectivity index (χ1n) is 9.51. The summed E-state index contributed by atoms with van der Waals surface area (Å²) in [6.45, 7) is 3.99. The number of aromatic hydroxyl groups is 1. The Morgan fingerprint density at radius 2 is 1.80 bits per heavy atom. The van der Waals surface area contributed by atoms with Crippen molar-refractivity contribution >= 4 is 5.78 Å². The highest BCUT2D eigenvalue weighted by atomic mass is 16.5. The predicted octanol–water partition coefficient (Wildman–Crippen LogP) is 4.73. The quantitative estimate of drug-likeness (QED) is 0.468. The van der Waals surface area contributed by atoms with E-state index in [0.717, 1.165) is 5.56 Å². The smallest absolute Gasteiger partial charge is 0.264 e. The van der Waals surface area contributed by atoms with Crippen LogP contribution in [0.2, 0.25) is 0 Å². The highest BCUT2D eigenvalue weighted by Crippen LogP contribution is 2.31. The fourth-order valence-electron chi connectivity index (χ4n) is 3.21. The Bertz CT molecular complexity index is 1190. The molecule has 0 aliphatic rings. The molecule has 2 heterocycles. The lowest BCUT2D eigenvalue weighted by atomic mass is 10.0. The molecule has 0 saturated heterocycles. The van der Waals surface area contributed by atoms with E-state index in [4.69, 9.17) is 9.15 Å². The Kier molecular flexibility index (Phi) is 5.10. The van der Waals surface area contributed by atoms with E-state index in [0.29, 0.717) is 28.8 Å². The molecule has 7 heteroatoms. The van der Waals surface area contributed by atoms with Gasteiger partial charge in [0.25, 0.3) is 5.89 Å². The van der Waals surface area contributed by atoms with Gasteiger partial charge in [-0.3, -0.25) is 4.79 Å². The van der Waals surface area contributed by atoms with Gasteiger partial charge in [0.05, 0.1) is 12.7 Å². The van der Waals surface area contributed by atoms with Gasteiger partial charge < -0.3 is 18.8 Å². The number of methoxy groups -OCH3 is 1. The van der Waals surface area contributed by atoms with Crippen molar-refractivity contribution in [2.75, 3.05) is 7.11 Å². The Labute approximate surface area is 173 Å². The number of hydrogen-bond acceptors (Lipinski definition) is 6. The summed E-state index contributed by atoms with van der Waals surface area (Å²) in [6.07, 6.45) is 1.73. The topological polar surface area (TPSA) is 90.4 Å². The van der Waals surface area contributed by atoms with Crippen molar-refractivity contribution in [1.29, 1.82) is 0 Å². The van der Waals surface area contributed by atoms with E-state index in [1.54, 1.807) is 18.3 Å². The minimum atomic E-state index is -0.324. The van der Waals surface area contributed by atoms with Crippen LogP contribution in [0.4, 0.5) is 0 Å². The number of carbonyl (C=O) groups excluding carboxylic acids is 1. The second-order valence-corrected chi connectivity index (χ2v) is 7.11. The molecule has 0 spiro atoms. The van der Waals surface area contributed by atoms with E-state index in [1.165, 1.54) is 19.2 Å². The molecule has 30 heavy (non-hydrogen) atoms. The summed E-state index contributed by atoms with van der Waals surface area (Å²) in [6, 6.07) is 15.8. The molecule has 2 aromatic carbocycles. The van der Waals surface area contributed by atoms with Crippen LogP contribution >= 0.6 is 0 Å². The van der Waals surface area contributed by atoms with Crippen LogP contribution in [0.25, 0.3) is 23.0 Å². The largest absolute Gasteiger partial charge is 0.507 e. The number of aromatic nitrogens is 3. The molecule has 4 rings (SSSR count). The maximum atomic E-state index is 13.1. The van der Waals surface area contributed by atoms with Crippen molar-refractivity contribution in [3.8, 4) is 34.5 Å². The molecule has 7 nitrogen and oxygen atoms in total. The van der Waals surface area contributed by atoms with Crippen LogP contribution in [0.15, 0.2) is 65.2 Å². The van der Waals surface area contributed by atoms with Gasteiger partial charge in [-0.15, -0.1) is 10.2 Å². The lowest BCUT2D eigenvalue weighted by Gasteiger charge is -2.10. The van der Waals surface area contributed by atoms with Gasteiger partial charge in [-0.1, -0.05) is 18.2 Å². The summed E-state index contributed by atoms with van der Waals surface area (Å²) in [5.74, 6) is 0.777. The highest BCUT2D eigenvalue weighted by Gasteiger charge is 2.22. The summed E-state index contributed by atoms with van der Waals surface area (Å²) in [5.41, 5.74) is 2.01. The molecule has 0 atom stereocenters. The second-order valence-electron chi connectivity index (χ2n) is 7.11. The molecule has 0 aliphatic carbocycles. The zero-order chi connectivity index (χ0) is 21.3. The van der Waals surface area contributed by atoms with Gasteiger partial charge in [-0.2, -0.15) is 0 Å². The van der Waals surface area contributed by atoms with Crippen LogP contribution in [0, 0.1) is 0 Å². The number of rotatable bonds is 6. The number of phenolic OH excluding ortho intramolecular Hbond substituents is 1. The molecule has 152 valence electrons. The van der Waals surface area contributed by atoms with Gasteiger partial charge in [0.1, 0.15) is 17.2 Å². The van der Waals surface area contributed by atoms with Gasteiger partial charge in [-0.25, -0.2) is 0 Å². The Balaban J connectivity index is 1.75. The number of nitrogens with zero attached hydrogens (tertiary/aromatic N) is 3. The van der Waals surface area contributed by atoms with Crippen molar-refractivity contribution in [3.05, 3.63) is 71.9 Å². The van der Waals surface area contributed by atoms with Crippen LogP contribution in [0.1, 0.15) is 35.8 Å². The van der Waals surface area contributed by atoms with Crippen LogP contribution in [-0.4, -0.2) is 32.8 Å². The molecule has 0 radical (unpaired) electrons. The van der Waals surface area contributed by atoms with Crippen molar-refractivity contribution in [2.24, 2.45) is 0 Å². The van der Waals surface area contributed by atoms with Crippen LogP contribution in [-0.2, 0) is 0 Å². The molecular formula is C23H21N3O4. The average Bonchev–Trinajstić information content (AvgIpc) is 3.42. The van der Waals surface area contributed by atoms with Gasteiger partial charge >= 0.3 is 0 Å². The molecule has 2 aromatic heterocycles. The van der Waals surface area contributed by atoms with Crippen LogP contribution in [0.5, 0.6) is 11.5 Å². The zero-order valence-electron chi connectivity index (χ0n) is 16.9. The van der Waals surface area contributed by atoms with Crippen molar-refractivity contribution in [1.82, 2.24) is 14.8 Å². The van der Waals surface area contributed by atoms with E-state index < -0.39 is 0 Å². The normalized spacial score (nSPS) is 11.1. The number of ether oxygens (including phenoxy) is 1. The van der Waals surface area contributed by atoms with Gasteiger partial charge in [-0.05, 0) is 50.2 Å². The SMILES string of the molecule is COc1ccc(O)c(C(=O)c2cc(-c3nnc(-c4ccccc4)o3)n(C(C)C)c2)c1. The first kappa shape index (κ1) is 19.4. The lowest BCUT2D eigenvalue weighted by molar-refractivity contribution is 0.103.